The Labute approximate surface area is 117 Å². The lowest BCUT2D eigenvalue weighted by molar-refractivity contribution is -0.120. The van der Waals surface area contributed by atoms with Crippen molar-refractivity contribution < 1.29 is 13.2 Å². The Balaban J connectivity index is 2.55. The molecule has 1 saturated carbocycles. The summed E-state index contributed by atoms with van der Waals surface area (Å²) in [6, 6.07) is 0.114. The molecule has 2 atom stereocenters. The van der Waals surface area contributed by atoms with Crippen molar-refractivity contribution in [3.05, 3.63) is 0 Å². The minimum atomic E-state index is -3.30. The van der Waals surface area contributed by atoms with Crippen LogP contribution in [0.15, 0.2) is 0 Å². The minimum absolute atomic E-state index is 0.114. The van der Waals surface area contributed by atoms with Gasteiger partial charge in [0.15, 0.2) is 9.84 Å². The van der Waals surface area contributed by atoms with Crippen molar-refractivity contribution in [3.8, 4) is 0 Å². The second kappa shape index (κ2) is 5.81. The molecule has 0 aromatic heterocycles. The summed E-state index contributed by atoms with van der Waals surface area (Å²) < 4.78 is 23.4. The molecule has 1 aliphatic rings. The van der Waals surface area contributed by atoms with Gasteiger partial charge in [-0.1, -0.05) is 20.8 Å². The SMILES string of the molecule is CC(C)S(=O)(=O)CC(=O)N[C@@H]1CCC(C)(C)C[C@H]1C. The Morgan fingerprint density at radius 1 is 1.37 bits per heavy atom. The summed E-state index contributed by atoms with van der Waals surface area (Å²) in [6.45, 7) is 9.82. The minimum Gasteiger partial charge on any atom is -0.352 e. The molecule has 19 heavy (non-hydrogen) atoms. The Hall–Kier alpha value is -0.580. The molecule has 0 bridgehead atoms. The van der Waals surface area contributed by atoms with Crippen LogP contribution in [-0.4, -0.2) is 31.4 Å². The van der Waals surface area contributed by atoms with Gasteiger partial charge in [0.25, 0.3) is 0 Å². The summed E-state index contributed by atoms with van der Waals surface area (Å²) in [4.78, 5) is 11.8. The maximum absolute atomic E-state index is 11.8. The van der Waals surface area contributed by atoms with Crippen molar-refractivity contribution in [2.75, 3.05) is 5.75 Å². The maximum Gasteiger partial charge on any atom is 0.235 e. The van der Waals surface area contributed by atoms with E-state index >= 15 is 0 Å². The normalized spacial score (nSPS) is 27.3. The lowest BCUT2D eigenvalue weighted by Gasteiger charge is -2.39. The molecular weight excluding hydrogens is 262 g/mol. The molecule has 1 rings (SSSR count). The van der Waals surface area contributed by atoms with Gasteiger partial charge < -0.3 is 5.32 Å². The van der Waals surface area contributed by atoms with Gasteiger partial charge in [-0.15, -0.1) is 0 Å². The summed E-state index contributed by atoms with van der Waals surface area (Å²) in [6.07, 6.45) is 3.07. The summed E-state index contributed by atoms with van der Waals surface area (Å²) in [7, 11) is -3.30. The quantitative estimate of drug-likeness (QED) is 0.862. The van der Waals surface area contributed by atoms with Crippen LogP contribution in [0.1, 0.15) is 53.9 Å². The molecule has 112 valence electrons. The van der Waals surface area contributed by atoms with Crippen LogP contribution in [0.3, 0.4) is 0 Å². The monoisotopic (exact) mass is 289 g/mol. The average molecular weight is 289 g/mol. The third kappa shape index (κ3) is 4.79. The molecule has 0 spiro atoms. The third-order valence-corrected chi connectivity index (χ3v) is 6.19. The number of carbonyl (C=O) groups excluding carboxylic acids is 1. The number of carbonyl (C=O) groups is 1. The van der Waals surface area contributed by atoms with Crippen LogP contribution in [0.5, 0.6) is 0 Å². The van der Waals surface area contributed by atoms with Crippen LogP contribution in [0, 0.1) is 11.3 Å². The molecule has 0 radical (unpaired) electrons. The lowest BCUT2D eigenvalue weighted by Crippen LogP contribution is -2.46. The largest absolute Gasteiger partial charge is 0.352 e. The molecule has 0 saturated heterocycles. The zero-order chi connectivity index (χ0) is 14.8. The van der Waals surface area contributed by atoms with Crippen molar-refractivity contribution in [1.82, 2.24) is 5.32 Å². The zero-order valence-corrected chi connectivity index (χ0v) is 13.5. The molecule has 1 aliphatic carbocycles. The smallest absolute Gasteiger partial charge is 0.235 e. The first-order chi connectivity index (χ1) is 8.53. The highest BCUT2D eigenvalue weighted by Gasteiger charge is 2.33. The number of sulfone groups is 1. The van der Waals surface area contributed by atoms with E-state index < -0.39 is 20.8 Å². The van der Waals surface area contributed by atoms with Crippen LogP contribution < -0.4 is 5.32 Å². The number of rotatable bonds is 4. The van der Waals surface area contributed by atoms with Crippen LogP contribution in [0.4, 0.5) is 0 Å². The topological polar surface area (TPSA) is 63.2 Å². The molecule has 0 heterocycles. The molecule has 0 aromatic carbocycles. The molecule has 0 unspecified atom stereocenters. The van der Waals surface area contributed by atoms with E-state index in [0.29, 0.717) is 11.3 Å². The van der Waals surface area contributed by atoms with Crippen LogP contribution >= 0.6 is 0 Å². The molecule has 1 amide bonds. The van der Waals surface area contributed by atoms with E-state index in [1.807, 2.05) is 0 Å². The van der Waals surface area contributed by atoms with E-state index in [9.17, 15) is 13.2 Å². The van der Waals surface area contributed by atoms with E-state index in [1.54, 1.807) is 13.8 Å². The van der Waals surface area contributed by atoms with Gasteiger partial charge >= 0.3 is 0 Å². The van der Waals surface area contributed by atoms with Gasteiger partial charge in [-0.05, 0) is 44.4 Å². The summed E-state index contributed by atoms with van der Waals surface area (Å²) in [5.74, 6) is -0.350. The fraction of sp³-hybridized carbons (Fsp3) is 0.929. The first-order valence-electron chi connectivity index (χ1n) is 7.04. The van der Waals surface area contributed by atoms with Crippen molar-refractivity contribution >= 4 is 15.7 Å². The predicted octanol–water partition coefficient (Wildman–Crippen LogP) is 2.14. The standard InChI is InChI=1S/C14H27NO3S/c1-10(2)19(17,18)9-13(16)15-12-6-7-14(4,5)8-11(12)3/h10-12H,6-9H2,1-5H3,(H,15,16)/t11-,12-/m1/s1. The van der Waals surface area contributed by atoms with Gasteiger partial charge in [0.1, 0.15) is 5.75 Å². The van der Waals surface area contributed by atoms with Gasteiger partial charge in [-0.3, -0.25) is 4.79 Å². The molecular formula is C14H27NO3S. The average Bonchev–Trinajstić information content (AvgIpc) is 2.20. The highest BCUT2D eigenvalue weighted by atomic mass is 32.2. The molecule has 0 aliphatic heterocycles. The number of hydrogen-bond donors (Lipinski definition) is 1. The van der Waals surface area contributed by atoms with Gasteiger partial charge in [0.2, 0.25) is 5.91 Å². The van der Waals surface area contributed by atoms with E-state index in [-0.39, 0.29) is 11.9 Å². The highest BCUT2D eigenvalue weighted by Crippen LogP contribution is 2.38. The van der Waals surface area contributed by atoms with E-state index in [4.69, 9.17) is 0 Å². The number of nitrogens with one attached hydrogen (secondary N) is 1. The van der Waals surface area contributed by atoms with E-state index in [0.717, 1.165) is 19.3 Å². The van der Waals surface area contributed by atoms with Crippen molar-refractivity contribution in [3.63, 3.8) is 0 Å². The highest BCUT2D eigenvalue weighted by molar-refractivity contribution is 7.92. The molecule has 4 nitrogen and oxygen atoms in total. The zero-order valence-electron chi connectivity index (χ0n) is 12.7. The number of hydrogen-bond acceptors (Lipinski definition) is 3. The first kappa shape index (κ1) is 16.5. The van der Waals surface area contributed by atoms with Crippen LogP contribution in [0.25, 0.3) is 0 Å². The van der Waals surface area contributed by atoms with Gasteiger partial charge in [0, 0.05) is 6.04 Å². The molecule has 0 aromatic rings. The Kier molecular flexibility index (Phi) is 5.04. The maximum atomic E-state index is 11.8. The Bertz CT molecular complexity index is 426. The number of amides is 1. The second-order valence-corrected chi connectivity index (χ2v) is 9.47. The van der Waals surface area contributed by atoms with Crippen LogP contribution in [0.2, 0.25) is 0 Å². The van der Waals surface area contributed by atoms with Gasteiger partial charge in [-0.25, -0.2) is 8.42 Å². The lowest BCUT2D eigenvalue weighted by atomic mass is 9.70. The summed E-state index contributed by atoms with van der Waals surface area (Å²) in [5, 5.41) is 2.40. The fourth-order valence-corrected chi connectivity index (χ4v) is 3.54. The Morgan fingerprint density at radius 3 is 2.42 bits per heavy atom. The van der Waals surface area contributed by atoms with E-state index in [2.05, 4.69) is 26.1 Å². The summed E-state index contributed by atoms with van der Waals surface area (Å²) >= 11 is 0. The molecule has 1 fully saturated rings. The molecule has 5 heteroatoms. The predicted molar refractivity (Wildman–Crippen MR) is 77.6 cm³/mol. The fourth-order valence-electron chi connectivity index (χ4n) is 2.76. The van der Waals surface area contributed by atoms with Crippen LogP contribution in [-0.2, 0) is 14.6 Å². The van der Waals surface area contributed by atoms with E-state index in [1.165, 1.54) is 0 Å². The first-order valence-corrected chi connectivity index (χ1v) is 8.76. The van der Waals surface area contributed by atoms with Gasteiger partial charge in [-0.2, -0.15) is 0 Å². The van der Waals surface area contributed by atoms with Crippen molar-refractivity contribution in [1.29, 1.82) is 0 Å². The van der Waals surface area contributed by atoms with Crippen molar-refractivity contribution in [2.24, 2.45) is 11.3 Å². The van der Waals surface area contributed by atoms with Gasteiger partial charge in [0.05, 0.1) is 5.25 Å². The Morgan fingerprint density at radius 2 is 1.95 bits per heavy atom. The van der Waals surface area contributed by atoms with Crippen molar-refractivity contribution in [2.45, 2.75) is 65.2 Å². The second-order valence-electron chi connectivity index (χ2n) is 6.91. The molecule has 1 N–H and O–H groups in total. The third-order valence-electron chi connectivity index (χ3n) is 4.09. The summed E-state index contributed by atoms with van der Waals surface area (Å²) in [5.41, 5.74) is 0.324.